The Hall–Kier alpha value is -10.1. The quantitative estimate of drug-likeness (QED) is 0.0165. The molecule has 0 fully saturated rings. The van der Waals surface area contributed by atoms with Gasteiger partial charge in [-0.1, -0.05) is 173 Å². The molecule has 0 amide bonds. The van der Waals surface area contributed by atoms with Crippen molar-refractivity contribution in [1.82, 2.24) is 34.9 Å². The second kappa shape index (κ2) is 38.2. The zero-order valence-corrected chi connectivity index (χ0v) is 55.5. The van der Waals surface area contributed by atoms with E-state index < -0.39 is 0 Å². The highest BCUT2D eigenvalue weighted by atomic mass is 16.5. The highest BCUT2D eigenvalue weighted by molar-refractivity contribution is 5.86. The smallest absolute Gasteiger partial charge is 0.119 e. The Labute approximate surface area is 564 Å². The standard InChI is InChI=1S/C84H89N9O2/c1-3-93(4-2)92-91-73-61-77(71-44-48-74(49-45-71)94-59-27-17-13-9-5-7-11-15-19-29-68-41-53-82(88-63-68)79-31-21-24-56-85-79)76(52-40-67-36-34-66(35-37-67)38-39-70-43-55-84(90-65-70)81-33-23-26-58-87-81)78(62-73)72-46-50-75(51-47-72)95-60-28-18-14-10-6-8-12-16-20-30-69-42-54-83(89-64-69)80-32-22-25-57-86-80/h21-26,31-37,41-51,53-58,61-65H,3-20,27-30,59-60H2,1-2H3. The fourth-order valence-electron chi connectivity index (χ4n) is 11.4. The lowest BCUT2D eigenvalue weighted by Crippen LogP contribution is -2.14. The van der Waals surface area contributed by atoms with Crippen LogP contribution in [0.1, 0.15) is 163 Å². The summed E-state index contributed by atoms with van der Waals surface area (Å²) >= 11 is 0. The minimum absolute atomic E-state index is 0.687. The largest absolute Gasteiger partial charge is 0.494 e. The van der Waals surface area contributed by atoms with Crippen LogP contribution in [-0.2, 0) is 12.8 Å². The van der Waals surface area contributed by atoms with E-state index in [1.165, 1.54) is 101 Å². The Bertz CT molecular complexity index is 3840. The van der Waals surface area contributed by atoms with Gasteiger partial charge in [0.05, 0.1) is 53.1 Å². The number of nitrogens with zero attached hydrogens (tertiary/aromatic N) is 9. The van der Waals surface area contributed by atoms with Crippen LogP contribution in [0, 0.1) is 23.7 Å². The molecule has 0 unspecified atom stereocenters. The molecule has 0 spiro atoms. The molecule has 6 aromatic heterocycles. The highest BCUT2D eigenvalue weighted by Gasteiger charge is 2.16. The molecular weight excluding hydrogens is 1170 g/mol. The third kappa shape index (κ3) is 22.3. The molecular formula is C84H89N9O2. The second-order valence-corrected chi connectivity index (χ2v) is 24.1. The predicted molar refractivity (Wildman–Crippen MR) is 387 cm³/mol. The number of benzene rings is 4. The molecule has 10 aromatic rings. The summed E-state index contributed by atoms with van der Waals surface area (Å²) in [5.74, 6) is 15.5. The van der Waals surface area contributed by atoms with Gasteiger partial charge in [0.2, 0.25) is 0 Å². The predicted octanol–water partition coefficient (Wildman–Crippen LogP) is 20.8. The first kappa shape index (κ1) is 67.8. The van der Waals surface area contributed by atoms with Crippen molar-refractivity contribution >= 4 is 5.69 Å². The van der Waals surface area contributed by atoms with Crippen LogP contribution in [0.25, 0.3) is 56.4 Å². The minimum atomic E-state index is 0.687. The summed E-state index contributed by atoms with van der Waals surface area (Å²) in [4.78, 5) is 27.2. The van der Waals surface area contributed by atoms with E-state index in [1.807, 2.05) is 121 Å². The highest BCUT2D eigenvalue weighted by Crippen LogP contribution is 2.38. The third-order valence-corrected chi connectivity index (χ3v) is 17.0. The lowest BCUT2D eigenvalue weighted by atomic mass is 9.91. The van der Waals surface area contributed by atoms with Crippen LogP contribution in [-0.4, -0.2) is 61.2 Å². The average Bonchev–Trinajstić information content (AvgIpc) is 0.883. The summed E-state index contributed by atoms with van der Waals surface area (Å²) in [7, 11) is 0. The number of ether oxygens (including phenoxy) is 2. The maximum absolute atomic E-state index is 6.35. The van der Waals surface area contributed by atoms with E-state index in [0.717, 1.165) is 147 Å². The summed E-state index contributed by atoms with van der Waals surface area (Å²) in [6.45, 7) is 7.06. The lowest BCUT2D eigenvalue weighted by Gasteiger charge is -2.15. The molecule has 6 heterocycles. The lowest BCUT2D eigenvalue weighted by molar-refractivity contribution is 0.301. The summed E-state index contributed by atoms with van der Waals surface area (Å²) in [5.41, 5.74) is 16.1. The average molecular weight is 1260 g/mol. The van der Waals surface area contributed by atoms with Crippen molar-refractivity contribution in [2.24, 2.45) is 10.3 Å². The molecule has 11 heteroatoms. The van der Waals surface area contributed by atoms with E-state index in [4.69, 9.17) is 14.6 Å². The summed E-state index contributed by atoms with van der Waals surface area (Å²) in [5, 5.41) is 11.5. The molecule has 0 saturated heterocycles. The Balaban J connectivity index is 0.734. The molecule has 0 N–H and O–H groups in total. The van der Waals surface area contributed by atoms with Crippen molar-refractivity contribution in [3.8, 4) is 91.6 Å². The molecule has 4 aromatic carbocycles. The van der Waals surface area contributed by atoms with Crippen LogP contribution < -0.4 is 9.47 Å². The Morgan fingerprint density at radius 3 is 1.09 bits per heavy atom. The Kier molecular flexibility index (Phi) is 27.2. The van der Waals surface area contributed by atoms with Crippen molar-refractivity contribution in [3.63, 3.8) is 0 Å². The van der Waals surface area contributed by atoms with E-state index in [1.54, 1.807) is 12.4 Å². The Morgan fingerprint density at radius 1 is 0.347 bits per heavy atom. The number of rotatable bonds is 35. The zero-order chi connectivity index (χ0) is 65.2. The number of hydrogen-bond acceptors (Lipinski definition) is 10. The summed E-state index contributed by atoms with van der Waals surface area (Å²) in [6.07, 6.45) is 35.4. The summed E-state index contributed by atoms with van der Waals surface area (Å²) < 4.78 is 12.7. The van der Waals surface area contributed by atoms with Crippen LogP contribution in [0.5, 0.6) is 11.5 Å². The molecule has 0 aliphatic rings. The van der Waals surface area contributed by atoms with Crippen molar-refractivity contribution < 1.29 is 9.47 Å². The topological polar surface area (TPSA) is 124 Å². The van der Waals surface area contributed by atoms with Crippen LogP contribution in [0.15, 0.2) is 223 Å². The number of aromatic nitrogens is 6. The van der Waals surface area contributed by atoms with Gasteiger partial charge in [-0.05, 0) is 196 Å². The molecule has 0 atom stereocenters. The molecule has 0 aliphatic heterocycles. The van der Waals surface area contributed by atoms with E-state index in [2.05, 4.69) is 158 Å². The van der Waals surface area contributed by atoms with Gasteiger partial charge in [0, 0.05) is 83.7 Å². The Morgan fingerprint density at radius 2 is 0.716 bits per heavy atom. The third-order valence-electron chi connectivity index (χ3n) is 17.0. The van der Waals surface area contributed by atoms with Gasteiger partial charge in [0.25, 0.3) is 0 Å². The number of pyridine rings is 6. The van der Waals surface area contributed by atoms with Crippen LogP contribution in [0.3, 0.4) is 0 Å². The molecule has 11 nitrogen and oxygen atoms in total. The van der Waals surface area contributed by atoms with Crippen LogP contribution in [0.2, 0.25) is 0 Å². The molecule has 482 valence electrons. The molecule has 10 rings (SSSR count). The summed E-state index contributed by atoms with van der Waals surface area (Å²) in [6, 6.07) is 59.4. The number of aryl methyl sites for hydroxylation is 2. The molecule has 0 radical (unpaired) electrons. The molecule has 0 bridgehead atoms. The molecule has 0 saturated carbocycles. The monoisotopic (exact) mass is 1260 g/mol. The first-order valence-corrected chi connectivity index (χ1v) is 34.6. The SMILES string of the molecule is CCN(CC)N=Nc1cc(-c2ccc(OCCCCCCCCCCCc3ccc(-c4ccccn4)nc3)cc2)c(C#Cc2ccc(C#Cc3ccc(-c4ccccn4)nc3)cc2)c(-c2ccc(OCCCCCCCCCCCc3ccc(-c4ccccn4)nc3)cc2)c1. The van der Waals surface area contributed by atoms with Gasteiger partial charge in [-0.15, -0.1) is 5.11 Å². The van der Waals surface area contributed by atoms with Crippen molar-refractivity contribution in [2.75, 3.05) is 26.3 Å². The molecule has 95 heavy (non-hydrogen) atoms. The van der Waals surface area contributed by atoms with Gasteiger partial charge >= 0.3 is 0 Å². The van der Waals surface area contributed by atoms with Gasteiger partial charge in [-0.25, -0.2) is 0 Å². The minimum Gasteiger partial charge on any atom is -0.494 e. The van der Waals surface area contributed by atoms with Gasteiger partial charge < -0.3 is 9.47 Å². The fourth-order valence-corrected chi connectivity index (χ4v) is 11.4. The number of hydrogen-bond donors (Lipinski definition) is 0. The van der Waals surface area contributed by atoms with E-state index in [-0.39, 0.29) is 0 Å². The maximum Gasteiger partial charge on any atom is 0.119 e. The fraction of sp³-hybridized carbons (Fsp3) is 0.310. The van der Waals surface area contributed by atoms with Gasteiger partial charge in [0.15, 0.2) is 0 Å². The van der Waals surface area contributed by atoms with E-state index in [9.17, 15) is 0 Å². The number of unbranched alkanes of at least 4 members (excludes halogenated alkanes) is 16. The second-order valence-electron chi connectivity index (χ2n) is 24.1. The van der Waals surface area contributed by atoms with Gasteiger partial charge in [-0.3, -0.25) is 34.9 Å². The van der Waals surface area contributed by atoms with E-state index >= 15 is 0 Å². The van der Waals surface area contributed by atoms with Crippen molar-refractivity contribution in [2.45, 2.75) is 142 Å². The maximum atomic E-state index is 6.35. The first-order chi connectivity index (χ1) is 47.0. The zero-order valence-electron chi connectivity index (χ0n) is 55.5. The van der Waals surface area contributed by atoms with E-state index in [0.29, 0.717) is 13.2 Å². The molecule has 0 aliphatic carbocycles. The van der Waals surface area contributed by atoms with Crippen molar-refractivity contribution in [3.05, 3.63) is 246 Å². The normalized spacial score (nSPS) is 11.0. The van der Waals surface area contributed by atoms with Gasteiger partial charge in [0.1, 0.15) is 11.5 Å². The van der Waals surface area contributed by atoms with Crippen molar-refractivity contribution in [1.29, 1.82) is 0 Å². The van der Waals surface area contributed by atoms with Crippen LogP contribution in [0.4, 0.5) is 5.69 Å². The first-order valence-electron chi connectivity index (χ1n) is 34.6. The van der Waals surface area contributed by atoms with Gasteiger partial charge in [-0.2, -0.15) is 0 Å². The van der Waals surface area contributed by atoms with Crippen LogP contribution >= 0.6 is 0 Å².